The number of anilines is 1. The van der Waals surface area contributed by atoms with Crippen molar-refractivity contribution in [1.29, 1.82) is 0 Å². The van der Waals surface area contributed by atoms with Crippen molar-refractivity contribution in [2.45, 2.75) is 13.2 Å². The summed E-state index contributed by atoms with van der Waals surface area (Å²) in [5.41, 5.74) is 1.49. The van der Waals surface area contributed by atoms with Gasteiger partial charge >= 0.3 is 6.61 Å². The van der Waals surface area contributed by atoms with Gasteiger partial charge in [-0.25, -0.2) is 0 Å². The SMILES string of the molecule is O=C(/C=C\c1ccc(OC(F)F)cc1)Nc1nn(Cc2ccc(Cl)c(Cl)c2)cc1Cl. The third kappa shape index (κ3) is 6.19. The van der Waals surface area contributed by atoms with Gasteiger partial charge in [0.05, 0.1) is 16.6 Å². The van der Waals surface area contributed by atoms with E-state index in [2.05, 4.69) is 15.2 Å². The maximum atomic E-state index is 12.2. The highest BCUT2D eigenvalue weighted by Gasteiger charge is 2.10. The summed E-state index contributed by atoms with van der Waals surface area (Å²) in [5.74, 6) is -0.220. The first-order valence-electron chi connectivity index (χ1n) is 8.51. The molecule has 0 spiro atoms. The highest BCUT2D eigenvalue weighted by Crippen LogP contribution is 2.24. The molecule has 1 heterocycles. The molecular weight excluding hydrogens is 459 g/mol. The van der Waals surface area contributed by atoms with Gasteiger partial charge in [0.15, 0.2) is 5.82 Å². The lowest BCUT2D eigenvalue weighted by atomic mass is 10.2. The van der Waals surface area contributed by atoms with Gasteiger partial charge in [0.25, 0.3) is 0 Å². The minimum atomic E-state index is -2.89. The van der Waals surface area contributed by atoms with Crippen LogP contribution < -0.4 is 10.1 Å². The van der Waals surface area contributed by atoms with E-state index in [0.29, 0.717) is 22.2 Å². The molecule has 0 saturated heterocycles. The number of ether oxygens (including phenoxy) is 1. The van der Waals surface area contributed by atoms with Crippen molar-refractivity contribution >= 4 is 52.6 Å². The number of aromatic nitrogens is 2. The van der Waals surface area contributed by atoms with E-state index in [-0.39, 0.29) is 16.6 Å². The number of hydrogen-bond donors (Lipinski definition) is 1. The van der Waals surface area contributed by atoms with Crippen molar-refractivity contribution in [2.75, 3.05) is 5.32 Å². The summed E-state index contributed by atoms with van der Waals surface area (Å²) in [6.07, 6.45) is 4.37. The summed E-state index contributed by atoms with van der Waals surface area (Å²) in [5, 5.41) is 7.98. The smallest absolute Gasteiger partial charge is 0.387 e. The molecule has 0 saturated carbocycles. The molecule has 10 heteroatoms. The fourth-order valence-corrected chi connectivity index (χ4v) is 3.00. The van der Waals surface area contributed by atoms with Gasteiger partial charge in [-0.2, -0.15) is 13.9 Å². The summed E-state index contributed by atoms with van der Waals surface area (Å²) in [7, 11) is 0. The van der Waals surface area contributed by atoms with Crippen LogP contribution in [0.3, 0.4) is 0 Å². The van der Waals surface area contributed by atoms with Crippen LogP contribution in [-0.4, -0.2) is 22.3 Å². The Hall–Kier alpha value is -2.61. The molecule has 2 aromatic carbocycles. The molecule has 3 rings (SSSR count). The van der Waals surface area contributed by atoms with Gasteiger partial charge in [-0.05, 0) is 41.5 Å². The van der Waals surface area contributed by atoms with E-state index in [1.165, 1.54) is 24.3 Å². The molecule has 0 aliphatic heterocycles. The molecular formula is C20H14Cl3F2N3O2. The zero-order chi connectivity index (χ0) is 21.7. The summed E-state index contributed by atoms with van der Waals surface area (Å²) in [6.45, 7) is -2.51. The third-order valence-corrected chi connectivity index (χ3v) is 4.84. The van der Waals surface area contributed by atoms with Crippen LogP contribution in [0.1, 0.15) is 11.1 Å². The average molecular weight is 473 g/mol. The highest BCUT2D eigenvalue weighted by atomic mass is 35.5. The second kappa shape index (κ2) is 9.93. The zero-order valence-electron chi connectivity index (χ0n) is 15.2. The Bertz CT molecular complexity index is 1070. The molecule has 1 N–H and O–H groups in total. The van der Waals surface area contributed by atoms with Gasteiger partial charge in [-0.1, -0.05) is 53.0 Å². The van der Waals surface area contributed by atoms with Crippen molar-refractivity contribution in [3.63, 3.8) is 0 Å². The van der Waals surface area contributed by atoms with Crippen molar-refractivity contribution in [1.82, 2.24) is 9.78 Å². The van der Waals surface area contributed by atoms with Crippen LogP contribution in [0.4, 0.5) is 14.6 Å². The first kappa shape index (κ1) is 22.1. The number of benzene rings is 2. The maximum Gasteiger partial charge on any atom is 0.387 e. The number of halogens is 5. The first-order valence-corrected chi connectivity index (χ1v) is 9.64. The van der Waals surface area contributed by atoms with E-state index in [4.69, 9.17) is 34.8 Å². The quantitative estimate of drug-likeness (QED) is 0.420. The van der Waals surface area contributed by atoms with Crippen LogP contribution >= 0.6 is 34.8 Å². The van der Waals surface area contributed by atoms with Crippen molar-refractivity contribution < 1.29 is 18.3 Å². The fraction of sp³-hybridized carbons (Fsp3) is 0.100. The van der Waals surface area contributed by atoms with E-state index in [1.54, 1.807) is 35.1 Å². The molecule has 0 atom stereocenters. The van der Waals surface area contributed by atoms with Crippen molar-refractivity contribution in [2.24, 2.45) is 0 Å². The van der Waals surface area contributed by atoms with Crippen LogP contribution in [0.25, 0.3) is 6.08 Å². The fourth-order valence-electron chi connectivity index (χ4n) is 2.48. The minimum absolute atomic E-state index is 0.0332. The number of amides is 1. The number of nitrogens with zero attached hydrogens (tertiary/aromatic N) is 2. The second-order valence-corrected chi connectivity index (χ2v) is 7.26. The van der Waals surface area contributed by atoms with E-state index in [0.717, 1.165) is 5.56 Å². The zero-order valence-corrected chi connectivity index (χ0v) is 17.4. The Morgan fingerprint density at radius 1 is 1.10 bits per heavy atom. The van der Waals surface area contributed by atoms with Gasteiger partial charge in [0.2, 0.25) is 5.91 Å². The number of carbonyl (C=O) groups excluding carboxylic acids is 1. The summed E-state index contributed by atoms with van der Waals surface area (Å²) in [6, 6.07) is 11.1. The Balaban J connectivity index is 1.61. The lowest BCUT2D eigenvalue weighted by molar-refractivity contribution is -0.111. The minimum Gasteiger partial charge on any atom is -0.435 e. The van der Waals surface area contributed by atoms with Crippen LogP contribution in [0.5, 0.6) is 5.75 Å². The van der Waals surface area contributed by atoms with Crippen LogP contribution in [-0.2, 0) is 11.3 Å². The van der Waals surface area contributed by atoms with Gasteiger partial charge in [-0.15, -0.1) is 0 Å². The molecule has 0 unspecified atom stereocenters. The third-order valence-electron chi connectivity index (χ3n) is 3.82. The summed E-state index contributed by atoms with van der Waals surface area (Å²) >= 11 is 18.1. The van der Waals surface area contributed by atoms with Gasteiger partial charge < -0.3 is 10.1 Å². The van der Waals surface area contributed by atoms with Gasteiger partial charge in [0, 0.05) is 12.3 Å². The number of nitrogens with one attached hydrogen (secondary N) is 1. The molecule has 30 heavy (non-hydrogen) atoms. The van der Waals surface area contributed by atoms with Crippen LogP contribution in [0.2, 0.25) is 15.1 Å². The molecule has 3 aromatic rings. The molecule has 156 valence electrons. The van der Waals surface area contributed by atoms with Crippen LogP contribution in [0, 0.1) is 0 Å². The van der Waals surface area contributed by atoms with Crippen LogP contribution in [0.15, 0.2) is 54.7 Å². The monoisotopic (exact) mass is 471 g/mol. The molecule has 1 amide bonds. The molecule has 1 aromatic heterocycles. The lowest BCUT2D eigenvalue weighted by Gasteiger charge is -2.04. The Kier molecular flexibility index (Phi) is 7.31. The molecule has 5 nitrogen and oxygen atoms in total. The number of hydrogen-bond acceptors (Lipinski definition) is 3. The molecule has 0 fully saturated rings. The molecule has 0 aliphatic carbocycles. The lowest BCUT2D eigenvalue weighted by Crippen LogP contribution is -2.09. The van der Waals surface area contributed by atoms with Crippen molar-refractivity contribution in [3.8, 4) is 5.75 Å². The predicted molar refractivity (Wildman–Crippen MR) is 114 cm³/mol. The Labute approximate surface area is 185 Å². The highest BCUT2D eigenvalue weighted by molar-refractivity contribution is 6.42. The predicted octanol–water partition coefficient (Wildman–Crippen LogP) is 6.14. The number of alkyl halides is 2. The second-order valence-electron chi connectivity index (χ2n) is 6.04. The summed E-state index contributed by atoms with van der Waals surface area (Å²) < 4.78 is 30.1. The molecule has 0 bridgehead atoms. The summed E-state index contributed by atoms with van der Waals surface area (Å²) in [4.78, 5) is 12.1. The van der Waals surface area contributed by atoms with E-state index in [9.17, 15) is 13.6 Å². The normalized spacial score (nSPS) is 11.3. The van der Waals surface area contributed by atoms with Gasteiger partial charge in [0.1, 0.15) is 10.8 Å². The average Bonchev–Trinajstić information content (AvgIpc) is 3.02. The standard InChI is InChI=1S/C20H14Cl3F2N3O2/c21-15-7-3-13(9-16(15)22)10-28-11-17(23)19(27-28)26-18(29)8-4-12-1-5-14(6-2-12)30-20(24)25/h1-9,11,20H,10H2,(H,26,27,29)/b8-4-. The molecule has 0 radical (unpaired) electrons. The maximum absolute atomic E-state index is 12.2. The molecule has 0 aliphatic rings. The van der Waals surface area contributed by atoms with Gasteiger partial charge in [-0.3, -0.25) is 9.48 Å². The van der Waals surface area contributed by atoms with E-state index in [1.807, 2.05) is 6.07 Å². The van der Waals surface area contributed by atoms with E-state index < -0.39 is 12.5 Å². The van der Waals surface area contributed by atoms with Crippen molar-refractivity contribution in [3.05, 3.63) is 80.9 Å². The number of carbonyl (C=O) groups is 1. The topological polar surface area (TPSA) is 56.1 Å². The first-order chi connectivity index (χ1) is 14.3. The number of rotatable bonds is 7. The Morgan fingerprint density at radius 2 is 1.83 bits per heavy atom. The Morgan fingerprint density at radius 3 is 2.50 bits per heavy atom. The van der Waals surface area contributed by atoms with E-state index >= 15 is 0 Å². The largest absolute Gasteiger partial charge is 0.435 e.